The standard InChI is InChI=1S/C18H20F3N3O/c1-12(2)16-22-6-7-23(16)9-13-10-24(11-13)17(25)14-4-3-5-15(8-14)18(19,20)21/h3-8,12-13H,9-11H2,1-2H3. The molecule has 2 heterocycles. The van der Waals surface area contributed by atoms with Crippen LogP contribution in [0.5, 0.6) is 0 Å². The van der Waals surface area contributed by atoms with Crippen molar-refractivity contribution < 1.29 is 18.0 Å². The Bertz CT molecular complexity index is 761. The van der Waals surface area contributed by atoms with E-state index >= 15 is 0 Å². The summed E-state index contributed by atoms with van der Waals surface area (Å²) in [5.41, 5.74) is -0.714. The molecule has 3 rings (SSSR count). The number of likely N-dealkylation sites (tertiary alicyclic amines) is 1. The van der Waals surface area contributed by atoms with Crippen molar-refractivity contribution in [2.45, 2.75) is 32.5 Å². The minimum Gasteiger partial charge on any atom is -0.338 e. The van der Waals surface area contributed by atoms with Gasteiger partial charge in [-0.25, -0.2) is 4.98 Å². The van der Waals surface area contributed by atoms with E-state index in [4.69, 9.17) is 0 Å². The lowest BCUT2D eigenvalue weighted by atomic mass is 9.98. The lowest BCUT2D eigenvalue weighted by molar-refractivity contribution is -0.137. The number of benzene rings is 1. The molecule has 1 amide bonds. The third-order valence-corrected chi connectivity index (χ3v) is 4.40. The van der Waals surface area contributed by atoms with Crippen LogP contribution in [0.25, 0.3) is 0 Å². The molecule has 1 saturated heterocycles. The molecule has 7 heteroatoms. The minimum atomic E-state index is -4.44. The molecule has 4 nitrogen and oxygen atoms in total. The van der Waals surface area contributed by atoms with Crippen molar-refractivity contribution in [3.8, 4) is 0 Å². The highest BCUT2D eigenvalue weighted by atomic mass is 19.4. The topological polar surface area (TPSA) is 38.1 Å². The Morgan fingerprint density at radius 2 is 2.04 bits per heavy atom. The molecule has 2 aromatic rings. The Hall–Kier alpha value is -2.31. The van der Waals surface area contributed by atoms with Crippen LogP contribution in [0.2, 0.25) is 0 Å². The van der Waals surface area contributed by atoms with Crippen molar-refractivity contribution in [1.82, 2.24) is 14.5 Å². The second kappa shape index (κ2) is 6.54. The molecule has 0 spiro atoms. The van der Waals surface area contributed by atoms with Gasteiger partial charge in [0.15, 0.2) is 0 Å². The number of hydrogen-bond acceptors (Lipinski definition) is 2. The molecule has 0 saturated carbocycles. The highest BCUT2D eigenvalue weighted by Crippen LogP contribution is 2.30. The third-order valence-electron chi connectivity index (χ3n) is 4.40. The van der Waals surface area contributed by atoms with Crippen LogP contribution < -0.4 is 0 Å². The van der Waals surface area contributed by atoms with Crippen LogP contribution in [-0.2, 0) is 12.7 Å². The molecule has 134 valence electrons. The first-order valence-corrected chi connectivity index (χ1v) is 8.23. The number of imidazole rings is 1. The fraction of sp³-hybridized carbons (Fsp3) is 0.444. The van der Waals surface area contributed by atoms with Crippen LogP contribution in [0.3, 0.4) is 0 Å². The summed E-state index contributed by atoms with van der Waals surface area (Å²) in [7, 11) is 0. The Morgan fingerprint density at radius 1 is 1.32 bits per heavy atom. The minimum absolute atomic E-state index is 0.0822. The van der Waals surface area contributed by atoms with Crippen molar-refractivity contribution in [3.63, 3.8) is 0 Å². The summed E-state index contributed by atoms with van der Waals surface area (Å²) in [5.74, 6) is 1.26. The summed E-state index contributed by atoms with van der Waals surface area (Å²) in [6, 6.07) is 4.59. The van der Waals surface area contributed by atoms with Crippen LogP contribution in [0.15, 0.2) is 36.7 Å². The molecular formula is C18H20F3N3O. The van der Waals surface area contributed by atoms with Gasteiger partial charge in [0.1, 0.15) is 5.82 Å². The molecule has 1 fully saturated rings. The summed E-state index contributed by atoms with van der Waals surface area (Å²) in [4.78, 5) is 18.3. The SMILES string of the molecule is CC(C)c1nccn1CC1CN(C(=O)c2cccc(C(F)(F)F)c2)C1. The Kier molecular flexibility index (Phi) is 4.58. The smallest absolute Gasteiger partial charge is 0.338 e. The van der Waals surface area contributed by atoms with Gasteiger partial charge in [-0.3, -0.25) is 4.79 Å². The van der Waals surface area contributed by atoms with Crippen LogP contribution in [0.1, 0.15) is 41.5 Å². The summed E-state index contributed by atoms with van der Waals surface area (Å²) >= 11 is 0. The van der Waals surface area contributed by atoms with Gasteiger partial charge < -0.3 is 9.47 Å². The zero-order valence-corrected chi connectivity index (χ0v) is 14.1. The van der Waals surface area contributed by atoms with E-state index in [1.165, 1.54) is 12.1 Å². The van der Waals surface area contributed by atoms with E-state index in [0.717, 1.165) is 24.5 Å². The zero-order valence-electron chi connectivity index (χ0n) is 14.1. The molecule has 0 unspecified atom stereocenters. The fourth-order valence-electron chi connectivity index (χ4n) is 3.12. The summed E-state index contributed by atoms with van der Waals surface area (Å²) in [6.07, 6.45) is -0.755. The van der Waals surface area contributed by atoms with Crippen molar-refractivity contribution in [2.24, 2.45) is 5.92 Å². The molecule has 0 atom stereocenters. The largest absolute Gasteiger partial charge is 0.416 e. The lowest BCUT2D eigenvalue weighted by Gasteiger charge is -2.39. The van der Waals surface area contributed by atoms with Crippen molar-refractivity contribution in [2.75, 3.05) is 13.1 Å². The van der Waals surface area contributed by atoms with Crippen molar-refractivity contribution in [3.05, 3.63) is 53.6 Å². The fourth-order valence-corrected chi connectivity index (χ4v) is 3.12. The molecule has 0 N–H and O–H groups in total. The van der Waals surface area contributed by atoms with E-state index in [1.54, 1.807) is 11.1 Å². The highest BCUT2D eigenvalue weighted by molar-refractivity contribution is 5.94. The molecule has 1 aliphatic rings. The van der Waals surface area contributed by atoms with E-state index in [0.29, 0.717) is 24.9 Å². The van der Waals surface area contributed by atoms with E-state index in [-0.39, 0.29) is 11.5 Å². The van der Waals surface area contributed by atoms with Crippen LogP contribution in [0, 0.1) is 5.92 Å². The van der Waals surface area contributed by atoms with E-state index < -0.39 is 11.7 Å². The molecule has 1 aromatic carbocycles. The second-order valence-corrected chi connectivity index (χ2v) is 6.75. The Morgan fingerprint density at radius 3 is 2.68 bits per heavy atom. The molecule has 0 bridgehead atoms. The van der Waals surface area contributed by atoms with Gasteiger partial charge >= 0.3 is 6.18 Å². The number of halogens is 3. The number of amides is 1. The first-order valence-electron chi connectivity index (χ1n) is 8.23. The number of aromatic nitrogens is 2. The molecule has 0 aliphatic carbocycles. The molecule has 1 aliphatic heterocycles. The molecular weight excluding hydrogens is 331 g/mol. The second-order valence-electron chi connectivity index (χ2n) is 6.75. The predicted molar refractivity (Wildman–Crippen MR) is 87.2 cm³/mol. The highest BCUT2D eigenvalue weighted by Gasteiger charge is 2.34. The van der Waals surface area contributed by atoms with Crippen LogP contribution >= 0.6 is 0 Å². The van der Waals surface area contributed by atoms with Crippen molar-refractivity contribution in [1.29, 1.82) is 0 Å². The average Bonchev–Trinajstić information content (AvgIpc) is 2.97. The van der Waals surface area contributed by atoms with Crippen LogP contribution in [-0.4, -0.2) is 33.4 Å². The molecule has 1 aromatic heterocycles. The monoisotopic (exact) mass is 351 g/mol. The quantitative estimate of drug-likeness (QED) is 0.840. The summed E-state index contributed by atoms with van der Waals surface area (Å²) in [6.45, 7) is 6.00. The van der Waals surface area contributed by atoms with Gasteiger partial charge in [0.2, 0.25) is 0 Å². The number of hydrogen-bond donors (Lipinski definition) is 0. The maximum atomic E-state index is 12.8. The van der Waals surface area contributed by atoms with Gasteiger partial charge in [-0.2, -0.15) is 13.2 Å². The van der Waals surface area contributed by atoms with Gasteiger partial charge in [-0.15, -0.1) is 0 Å². The number of nitrogens with zero attached hydrogens (tertiary/aromatic N) is 3. The van der Waals surface area contributed by atoms with Crippen molar-refractivity contribution >= 4 is 5.91 Å². The van der Waals surface area contributed by atoms with E-state index in [9.17, 15) is 18.0 Å². The normalized spacial score (nSPS) is 15.5. The maximum Gasteiger partial charge on any atom is 0.416 e. The zero-order chi connectivity index (χ0) is 18.2. The number of carbonyl (C=O) groups is 1. The van der Waals surface area contributed by atoms with Crippen LogP contribution in [0.4, 0.5) is 13.2 Å². The van der Waals surface area contributed by atoms with E-state index in [2.05, 4.69) is 23.4 Å². The first-order chi connectivity index (χ1) is 11.8. The van der Waals surface area contributed by atoms with Gasteiger partial charge in [0.05, 0.1) is 5.56 Å². The summed E-state index contributed by atoms with van der Waals surface area (Å²) < 4.78 is 40.4. The number of carbonyl (C=O) groups excluding carboxylic acids is 1. The Balaban J connectivity index is 1.61. The Labute approximate surface area is 144 Å². The lowest BCUT2D eigenvalue weighted by Crippen LogP contribution is -2.51. The average molecular weight is 351 g/mol. The number of rotatable bonds is 4. The van der Waals surface area contributed by atoms with Gasteiger partial charge in [0.25, 0.3) is 5.91 Å². The first kappa shape index (κ1) is 17.5. The van der Waals surface area contributed by atoms with E-state index in [1.807, 2.05) is 6.20 Å². The summed E-state index contributed by atoms with van der Waals surface area (Å²) in [5, 5.41) is 0. The third kappa shape index (κ3) is 3.70. The molecule has 0 radical (unpaired) electrons. The molecule has 25 heavy (non-hydrogen) atoms. The maximum absolute atomic E-state index is 12.8. The van der Waals surface area contributed by atoms with Gasteiger partial charge in [-0.05, 0) is 18.2 Å². The van der Waals surface area contributed by atoms with Gasteiger partial charge in [-0.1, -0.05) is 19.9 Å². The number of alkyl halides is 3. The van der Waals surface area contributed by atoms with Gasteiger partial charge in [0, 0.05) is 49.4 Å². The predicted octanol–water partition coefficient (Wildman–Crippen LogP) is 3.80.